The van der Waals surface area contributed by atoms with Gasteiger partial charge in [-0.25, -0.2) is 4.98 Å². The maximum absolute atomic E-state index is 4.56. The molecule has 1 aromatic heterocycles. The summed E-state index contributed by atoms with van der Waals surface area (Å²) < 4.78 is 0. The Morgan fingerprint density at radius 2 is 2.11 bits per heavy atom. The first-order valence-corrected chi connectivity index (χ1v) is 6.11. The highest BCUT2D eigenvalue weighted by molar-refractivity contribution is 6.03. The molecule has 1 saturated carbocycles. The lowest BCUT2D eigenvalue weighted by Crippen LogP contribution is -2.23. The topological polar surface area (TPSA) is 41.0 Å². The van der Waals surface area contributed by atoms with Crippen molar-refractivity contribution in [3.63, 3.8) is 0 Å². The molecule has 0 amide bonds. The minimum atomic E-state index is 0.600. The molecule has 1 N–H and O–H groups in total. The van der Waals surface area contributed by atoms with E-state index in [9.17, 15) is 0 Å². The summed E-state index contributed by atoms with van der Waals surface area (Å²) in [7, 11) is 1.75. The third kappa shape index (κ3) is 2.50. The van der Waals surface area contributed by atoms with Gasteiger partial charge in [-0.15, -0.1) is 0 Å². The summed E-state index contributed by atoms with van der Waals surface area (Å²) in [5.41, 5.74) is 2.56. The largest absolute Gasteiger partial charge is 0.342 e. The minimum Gasteiger partial charge on any atom is -0.342 e. The molecule has 3 heteroatoms. The molecule has 1 fully saturated rings. The predicted molar refractivity (Wildman–Crippen MR) is 77.1 cm³/mol. The van der Waals surface area contributed by atoms with Gasteiger partial charge in [-0.2, -0.15) is 0 Å². The van der Waals surface area contributed by atoms with Crippen LogP contribution in [-0.4, -0.2) is 22.7 Å². The molecule has 0 aromatic carbocycles. The fourth-order valence-corrected chi connectivity index (χ4v) is 1.73. The molecule has 0 bridgehead atoms. The zero-order chi connectivity index (χ0) is 13.3. The number of hydrogen-bond acceptors (Lipinski definition) is 2. The van der Waals surface area contributed by atoms with E-state index in [1.54, 1.807) is 7.05 Å². The zero-order valence-electron chi connectivity index (χ0n) is 11.1. The van der Waals surface area contributed by atoms with Gasteiger partial charge in [0.25, 0.3) is 0 Å². The first kappa shape index (κ1) is 12.6. The molecule has 1 aromatic rings. The van der Waals surface area contributed by atoms with Crippen LogP contribution in [-0.2, 0) is 0 Å². The average Bonchev–Trinajstić information content (AvgIpc) is 3.14. The highest BCUT2D eigenvalue weighted by atomic mass is 14.9. The maximum atomic E-state index is 4.56. The summed E-state index contributed by atoms with van der Waals surface area (Å²) in [5.74, 6) is 1.65. The number of H-pyrrole nitrogens is 1. The minimum absolute atomic E-state index is 0.600. The normalized spacial score (nSPS) is 17.0. The van der Waals surface area contributed by atoms with E-state index in [1.807, 2.05) is 13.0 Å². The molecular weight excluding hydrogens is 222 g/mol. The van der Waals surface area contributed by atoms with Gasteiger partial charge in [-0.1, -0.05) is 19.7 Å². The van der Waals surface area contributed by atoms with Crippen molar-refractivity contribution in [1.82, 2.24) is 9.97 Å². The molecule has 1 aliphatic carbocycles. The summed E-state index contributed by atoms with van der Waals surface area (Å²) >= 11 is 0. The Balaban J connectivity index is 2.30. The number of hydrogen-bond donors (Lipinski definition) is 1. The second-order valence-corrected chi connectivity index (χ2v) is 4.72. The monoisotopic (exact) mass is 241 g/mol. The number of imidazole rings is 1. The van der Waals surface area contributed by atoms with Gasteiger partial charge in [-0.05, 0) is 37.0 Å². The van der Waals surface area contributed by atoms with Crippen molar-refractivity contribution >= 4 is 18.4 Å². The molecule has 0 unspecified atom stereocenters. The van der Waals surface area contributed by atoms with Gasteiger partial charge in [-0.3, -0.25) is 4.99 Å². The van der Waals surface area contributed by atoms with E-state index in [2.05, 4.69) is 34.7 Å². The summed E-state index contributed by atoms with van der Waals surface area (Å²) in [6.45, 7) is 13.9. The van der Waals surface area contributed by atoms with Crippen molar-refractivity contribution in [3.8, 4) is 0 Å². The summed E-state index contributed by atoms with van der Waals surface area (Å²) in [4.78, 5) is 11.9. The van der Waals surface area contributed by atoms with Crippen molar-refractivity contribution in [2.45, 2.75) is 25.7 Å². The fourth-order valence-electron chi connectivity index (χ4n) is 1.73. The molecule has 0 aliphatic heterocycles. The quantitative estimate of drug-likeness (QED) is 0.632. The lowest BCUT2D eigenvalue weighted by Gasteiger charge is -2.02. The Morgan fingerprint density at radius 3 is 2.67 bits per heavy atom. The Morgan fingerprint density at radius 1 is 1.44 bits per heavy atom. The van der Waals surface area contributed by atoms with Gasteiger partial charge in [0, 0.05) is 18.7 Å². The molecular formula is C15H19N3. The van der Waals surface area contributed by atoms with Crippen LogP contribution in [0, 0.1) is 0 Å². The first-order valence-electron chi connectivity index (χ1n) is 6.11. The van der Waals surface area contributed by atoms with Gasteiger partial charge in [0.15, 0.2) is 0 Å². The Kier molecular flexibility index (Phi) is 3.32. The second kappa shape index (κ2) is 4.77. The number of aliphatic imine (C=N–C) groups is 1. The number of aromatic amines is 1. The van der Waals surface area contributed by atoms with Crippen LogP contribution in [0.4, 0.5) is 0 Å². The Bertz CT molecular complexity index is 627. The third-order valence-corrected chi connectivity index (χ3v) is 3.26. The van der Waals surface area contributed by atoms with Crippen molar-refractivity contribution in [2.75, 3.05) is 7.05 Å². The van der Waals surface area contributed by atoms with Crippen LogP contribution in [0.3, 0.4) is 0 Å². The van der Waals surface area contributed by atoms with E-state index >= 15 is 0 Å². The number of nitrogens with one attached hydrogen (secondary N) is 1. The summed E-state index contributed by atoms with van der Waals surface area (Å²) in [6.07, 6.45) is 4.37. The van der Waals surface area contributed by atoms with Crippen molar-refractivity contribution in [1.29, 1.82) is 0 Å². The second-order valence-electron chi connectivity index (χ2n) is 4.72. The van der Waals surface area contributed by atoms with Crippen molar-refractivity contribution < 1.29 is 0 Å². The van der Waals surface area contributed by atoms with Crippen molar-refractivity contribution in [2.24, 2.45) is 4.99 Å². The van der Waals surface area contributed by atoms with Crippen LogP contribution >= 0.6 is 0 Å². The smallest absolute Gasteiger partial charge is 0.110 e. The van der Waals surface area contributed by atoms with Gasteiger partial charge >= 0.3 is 0 Å². The van der Waals surface area contributed by atoms with Crippen LogP contribution in [0.1, 0.15) is 31.5 Å². The predicted octanol–water partition coefficient (Wildman–Crippen LogP) is 1.68. The number of allylic oxidation sites excluding steroid dienone is 2. The lowest BCUT2D eigenvalue weighted by atomic mass is 10.1. The standard InChI is InChI=1S/C15H19N3/c1-9(10(2)11(3)16-5)8-14-12(4)17-15(18-14)13-6-7-13/h8,13H,1-2,4,6-7H2,3,5H3,(H,17,18). The molecule has 1 heterocycles. The molecule has 0 spiro atoms. The summed E-state index contributed by atoms with van der Waals surface area (Å²) in [6, 6.07) is 0. The van der Waals surface area contributed by atoms with Crippen molar-refractivity contribution in [3.05, 3.63) is 40.8 Å². The van der Waals surface area contributed by atoms with E-state index < -0.39 is 0 Å². The van der Waals surface area contributed by atoms with Crippen LogP contribution in [0.2, 0.25) is 0 Å². The van der Waals surface area contributed by atoms with Crippen LogP contribution in [0.15, 0.2) is 29.3 Å². The third-order valence-electron chi connectivity index (χ3n) is 3.26. The van der Waals surface area contributed by atoms with E-state index in [4.69, 9.17) is 0 Å². The Labute approximate surface area is 107 Å². The molecule has 0 saturated heterocycles. The molecule has 1 aliphatic rings. The Hall–Kier alpha value is -1.90. The zero-order valence-corrected chi connectivity index (χ0v) is 11.1. The summed E-state index contributed by atoms with van der Waals surface area (Å²) in [5, 5.41) is 1.70. The van der Waals surface area contributed by atoms with E-state index in [0.29, 0.717) is 5.92 Å². The van der Waals surface area contributed by atoms with E-state index in [-0.39, 0.29) is 0 Å². The molecule has 2 rings (SSSR count). The van der Waals surface area contributed by atoms with E-state index in [1.165, 1.54) is 12.8 Å². The van der Waals surface area contributed by atoms with E-state index in [0.717, 1.165) is 33.4 Å². The van der Waals surface area contributed by atoms with Gasteiger partial charge in [0.05, 0.1) is 10.7 Å². The first-order chi connectivity index (χ1) is 8.52. The maximum Gasteiger partial charge on any atom is 0.110 e. The van der Waals surface area contributed by atoms with Gasteiger partial charge in [0.2, 0.25) is 0 Å². The highest BCUT2D eigenvalue weighted by Crippen LogP contribution is 2.37. The molecule has 18 heavy (non-hydrogen) atoms. The fraction of sp³-hybridized carbons (Fsp3) is 0.333. The number of nitrogens with zero attached hydrogens (tertiary/aromatic N) is 2. The van der Waals surface area contributed by atoms with Crippen LogP contribution in [0.5, 0.6) is 0 Å². The average molecular weight is 241 g/mol. The molecule has 0 atom stereocenters. The SMILES string of the molecule is C=C(C=c1nc(C2CC2)[nH]c1=C)C(=C)C(C)=NC. The number of rotatable bonds is 4. The van der Waals surface area contributed by atoms with Gasteiger partial charge in [0.1, 0.15) is 5.82 Å². The van der Waals surface area contributed by atoms with Crippen LogP contribution in [0.25, 0.3) is 12.7 Å². The highest BCUT2D eigenvalue weighted by Gasteiger charge is 2.26. The van der Waals surface area contributed by atoms with Gasteiger partial charge < -0.3 is 4.98 Å². The number of aromatic nitrogens is 2. The molecule has 3 nitrogen and oxygen atoms in total. The lowest BCUT2D eigenvalue weighted by molar-refractivity contribution is 0.967. The molecule has 0 radical (unpaired) electrons. The molecule has 94 valence electrons. The van der Waals surface area contributed by atoms with Crippen LogP contribution < -0.4 is 10.7 Å².